The van der Waals surface area contributed by atoms with E-state index in [2.05, 4.69) is 0 Å². The molecule has 7 unspecified atom stereocenters. The van der Waals surface area contributed by atoms with Crippen LogP contribution in [-0.2, 0) is 19.1 Å². The molecule has 4 rings (SSSR count). The second kappa shape index (κ2) is 13.1. The molecule has 4 fully saturated rings. The van der Waals surface area contributed by atoms with Gasteiger partial charge in [-0.3, -0.25) is 9.59 Å². The van der Waals surface area contributed by atoms with Crippen molar-refractivity contribution in [1.82, 2.24) is 0 Å². The van der Waals surface area contributed by atoms with Crippen LogP contribution in [0.15, 0.2) is 0 Å². The van der Waals surface area contributed by atoms with E-state index < -0.39 is 114 Å². The first-order chi connectivity index (χ1) is 22.9. The topological polar surface area (TPSA) is 72.8 Å². The van der Waals surface area contributed by atoms with E-state index in [9.17, 15) is 89.3 Å². The fourth-order valence-electron chi connectivity index (χ4n) is 7.90. The van der Waals surface area contributed by atoms with E-state index in [1.807, 2.05) is 0 Å². The molecule has 0 aliphatic heterocycles. The lowest BCUT2D eigenvalue weighted by Crippen LogP contribution is -2.74. The Bertz CT molecular complexity index is 1320. The van der Waals surface area contributed by atoms with E-state index in [0.717, 1.165) is 0 Å². The third-order valence-corrected chi connectivity index (χ3v) is 11.0. The van der Waals surface area contributed by atoms with Crippen molar-refractivity contribution in [2.24, 2.45) is 35.5 Å². The summed E-state index contributed by atoms with van der Waals surface area (Å²) in [5.74, 6) is -62.8. The van der Waals surface area contributed by atoms with Gasteiger partial charge in [0.15, 0.2) is 0 Å². The largest absolute Gasteiger partial charge is 0.481 e. The van der Waals surface area contributed by atoms with Crippen molar-refractivity contribution in [3.05, 3.63) is 0 Å². The Morgan fingerprint density at radius 2 is 1.14 bits per heavy atom. The molecule has 1 N–H and O–H groups in total. The summed E-state index contributed by atoms with van der Waals surface area (Å²) < 4.78 is 241. The van der Waals surface area contributed by atoms with E-state index >= 15 is 0 Å². The maximum absolute atomic E-state index is 14.4. The number of alkyl halides is 18. The molecular formula is C28H28ClF17O5. The van der Waals surface area contributed by atoms with Gasteiger partial charge < -0.3 is 14.6 Å². The Kier molecular flexibility index (Phi) is 10.7. The number of fused-ring (bicyclic) bond motifs is 5. The zero-order valence-corrected chi connectivity index (χ0v) is 26.2. The molecule has 23 heteroatoms. The van der Waals surface area contributed by atoms with Gasteiger partial charge in [0, 0.05) is 12.3 Å². The highest BCUT2D eigenvalue weighted by Crippen LogP contribution is 2.65. The maximum atomic E-state index is 14.4. The number of aliphatic carboxylic acids is 1. The summed E-state index contributed by atoms with van der Waals surface area (Å²) >= 11 is 6.42. The summed E-state index contributed by atoms with van der Waals surface area (Å²) in [6, 6.07) is 0. The summed E-state index contributed by atoms with van der Waals surface area (Å²) in [5, 5.41) is 8.67. The van der Waals surface area contributed by atoms with Gasteiger partial charge in [-0.15, -0.1) is 11.6 Å². The van der Waals surface area contributed by atoms with Crippen LogP contribution in [0.5, 0.6) is 0 Å². The minimum absolute atomic E-state index is 0.0186. The SMILES string of the molecule is O=C(O)C1CCCCC1C(=O)OC1C(Cl)CC2C1[C@@H]1C[C@H]2CC1OCCC(F)(F)C(F)(F)C(F)(F)C(F)(F)C(F)(F)C(F)(F)C(F)(F)C(F)(F)F. The fourth-order valence-corrected chi connectivity index (χ4v) is 8.32. The lowest BCUT2D eigenvalue weighted by atomic mass is 9.78. The lowest BCUT2D eigenvalue weighted by Gasteiger charge is -2.43. The highest BCUT2D eigenvalue weighted by atomic mass is 35.5. The molecule has 51 heavy (non-hydrogen) atoms. The summed E-state index contributed by atoms with van der Waals surface area (Å²) in [4.78, 5) is 24.6. The van der Waals surface area contributed by atoms with E-state index in [1.165, 1.54) is 0 Å². The highest BCUT2D eigenvalue weighted by molar-refractivity contribution is 6.21. The molecule has 0 aromatic rings. The van der Waals surface area contributed by atoms with Gasteiger partial charge in [0.05, 0.1) is 29.9 Å². The average Bonchev–Trinajstić information content (AvgIpc) is 3.66. The van der Waals surface area contributed by atoms with Crippen LogP contribution in [0.1, 0.15) is 51.4 Å². The van der Waals surface area contributed by atoms with Crippen LogP contribution in [0.4, 0.5) is 74.6 Å². The maximum Gasteiger partial charge on any atom is 0.460 e. The first kappa shape index (κ1) is 41.8. The van der Waals surface area contributed by atoms with Crippen LogP contribution in [0.3, 0.4) is 0 Å². The number of carboxylic acids is 1. The summed E-state index contributed by atoms with van der Waals surface area (Å²) in [6.45, 7) is -1.70. The third kappa shape index (κ3) is 6.30. The molecule has 0 spiro atoms. The number of carbonyl (C=O) groups excluding carboxylic acids is 1. The van der Waals surface area contributed by atoms with Crippen LogP contribution in [-0.4, -0.2) is 88.9 Å². The molecule has 9 atom stereocenters. The van der Waals surface area contributed by atoms with Crippen molar-refractivity contribution < 1.29 is 98.8 Å². The number of hydrogen-bond acceptors (Lipinski definition) is 4. The molecule has 4 saturated carbocycles. The Balaban J connectivity index is 1.45. The Hall–Kier alpha value is -2.00. The molecular weight excluding hydrogens is 775 g/mol. The molecule has 4 aliphatic carbocycles. The highest BCUT2D eigenvalue weighted by Gasteiger charge is 2.95. The second-order valence-electron chi connectivity index (χ2n) is 13.4. The zero-order chi connectivity index (χ0) is 39.1. The number of esters is 1. The number of rotatable bonds is 13. The second-order valence-corrected chi connectivity index (χ2v) is 14.0. The smallest absolute Gasteiger partial charge is 0.460 e. The average molecular weight is 803 g/mol. The van der Waals surface area contributed by atoms with E-state index in [-0.39, 0.29) is 43.9 Å². The van der Waals surface area contributed by atoms with Crippen molar-refractivity contribution >= 4 is 23.5 Å². The molecule has 0 heterocycles. The molecule has 0 radical (unpaired) electrons. The third-order valence-electron chi connectivity index (χ3n) is 10.6. The Morgan fingerprint density at radius 1 is 0.647 bits per heavy atom. The van der Waals surface area contributed by atoms with Crippen LogP contribution in [0.25, 0.3) is 0 Å². The van der Waals surface area contributed by atoms with E-state index in [1.54, 1.807) is 0 Å². The predicted octanol–water partition coefficient (Wildman–Crippen LogP) is 8.86. The van der Waals surface area contributed by atoms with Gasteiger partial charge in [0.1, 0.15) is 6.10 Å². The van der Waals surface area contributed by atoms with Crippen molar-refractivity contribution in [2.45, 2.75) is 117 Å². The minimum Gasteiger partial charge on any atom is -0.481 e. The number of carbonyl (C=O) groups is 2. The molecule has 296 valence electrons. The van der Waals surface area contributed by atoms with Gasteiger partial charge in [0.2, 0.25) is 0 Å². The standard InChI is InChI=1S/C28H28ClF17O5/c29-15-9-13-10-7-14(17(13)18(15)51-20(49)12-4-2-1-3-11(12)19(47)48)16(8-10)50-6-5-21(30,31)22(32,33)23(34,35)24(36,37)25(38,39)26(40,41)27(42,43)28(44,45)46/h10-18H,1-9H2,(H,47,48)/t10-,11?,12?,13?,14+,15?,16?,17?,18?/m0/s1. The normalized spacial score (nSPS) is 32.6. The van der Waals surface area contributed by atoms with Crippen molar-refractivity contribution in [3.63, 3.8) is 0 Å². The first-order valence-electron chi connectivity index (χ1n) is 15.3. The molecule has 0 saturated heterocycles. The van der Waals surface area contributed by atoms with Crippen LogP contribution in [0, 0.1) is 35.5 Å². The Morgan fingerprint density at radius 3 is 1.65 bits per heavy atom. The first-order valence-corrected chi connectivity index (χ1v) is 15.7. The van der Waals surface area contributed by atoms with Gasteiger partial charge in [-0.25, -0.2) is 0 Å². The van der Waals surface area contributed by atoms with E-state index in [0.29, 0.717) is 12.8 Å². The van der Waals surface area contributed by atoms with Crippen molar-refractivity contribution in [2.75, 3.05) is 6.61 Å². The van der Waals surface area contributed by atoms with Gasteiger partial charge >= 0.3 is 59.6 Å². The number of hydrogen-bond donors (Lipinski definition) is 1. The molecule has 0 aromatic heterocycles. The Labute approximate surface area is 281 Å². The van der Waals surface area contributed by atoms with Gasteiger partial charge in [-0.2, -0.15) is 74.6 Å². The molecule has 2 bridgehead atoms. The van der Waals surface area contributed by atoms with Crippen LogP contribution in [0.2, 0.25) is 0 Å². The number of ether oxygens (including phenoxy) is 2. The number of halogens is 18. The van der Waals surface area contributed by atoms with E-state index in [4.69, 9.17) is 21.1 Å². The summed E-state index contributed by atoms with van der Waals surface area (Å²) in [6.07, 6.45) is -10.7. The van der Waals surface area contributed by atoms with Gasteiger partial charge in [-0.05, 0) is 49.9 Å². The molecule has 5 nitrogen and oxygen atoms in total. The van der Waals surface area contributed by atoms with Crippen molar-refractivity contribution in [1.29, 1.82) is 0 Å². The lowest BCUT2D eigenvalue weighted by molar-refractivity contribution is -0.462. The quantitative estimate of drug-likeness (QED) is 0.115. The minimum atomic E-state index is -8.69. The van der Waals surface area contributed by atoms with Crippen molar-refractivity contribution in [3.8, 4) is 0 Å². The van der Waals surface area contributed by atoms with Crippen LogP contribution >= 0.6 is 11.6 Å². The zero-order valence-electron chi connectivity index (χ0n) is 25.4. The van der Waals surface area contributed by atoms with Crippen LogP contribution < -0.4 is 0 Å². The predicted molar refractivity (Wildman–Crippen MR) is 135 cm³/mol. The summed E-state index contributed by atoms with van der Waals surface area (Å²) in [7, 11) is 0. The molecule has 0 amide bonds. The monoisotopic (exact) mass is 802 g/mol. The fraction of sp³-hybridized carbons (Fsp3) is 0.929. The molecule has 0 aromatic carbocycles. The summed E-state index contributed by atoms with van der Waals surface area (Å²) in [5.41, 5.74) is 0. The molecule has 4 aliphatic rings. The van der Waals surface area contributed by atoms with Gasteiger partial charge in [0.25, 0.3) is 0 Å². The van der Waals surface area contributed by atoms with Gasteiger partial charge in [-0.1, -0.05) is 12.8 Å². The number of carboxylic acid groups (broad SMARTS) is 1.